The third kappa shape index (κ3) is 9.70. The maximum absolute atomic E-state index is 9.40. The van der Waals surface area contributed by atoms with Gasteiger partial charge in [-0.15, -0.1) is 0 Å². The Morgan fingerprint density at radius 3 is 2.33 bits per heavy atom. The molecular weight excluding hydrogens is 148 g/mol. The van der Waals surface area contributed by atoms with E-state index >= 15 is 0 Å². The van der Waals surface area contributed by atoms with E-state index < -0.39 is 5.60 Å². The van der Waals surface area contributed by atoms with Crippen molar-refractivity contribution >= 4 is 0 Å². The number of aliphatic hydroxyl groups is 1. The van der Waals surface area contributed by atoms with Crippen LogP contribution in [0.3, 0.4) is 0 Å². The quantitative estimate of drug-likeness (QED) is 0.496. The lowest BCUT2D eigenvalue weighted by molar-refractivity contribution is 0.0691. The van der Waals surface area contributed by atoms with Crippen LogP contribution in [-0.4, -0.2) is 10.7 Å². The highest BCUT2D eigenvalue weighted by Gasteiger charge is 2.10. The minimum Gasteiger partial charge on any atom is -0.390 e. The summed E-state index contributed by atoms with van der Waals surface area (Å²) < 4.78 is 0. The van der Waals surface area contributed by atoms with Gasteiger partial charge in [0.05, 0.1) is 5.60 Å². The van der Waals surface area contributed by atoms with E-state index in [2.05, 4.69) is 26.0 Å². The smallest absolute Gasteiger partial charge is 0.0591 e. The Labute approximate surface area is 76.5 Å². The van der Waals surface area contributed by atoms with Crippen molar-refractivity contribution in [1.82, 2.24) is 0 Å². The Hall–Kier alpha value is -0.300. The average molecular weight is 170 g/mol. The zero-order valence-corrected chi connectivity index (χ0v) is 8.80. The van der Waals surface area contributed by atoms with E-state index in [0.29, 0.717) is 5.92 Å². The van der Waals surface area contributed by atoms with E-state index in [-0.39, 0.29) is 0 Å². The van der Waals surface area contributed by atoms with Crippen LogP contribution in [0.1, 0.15) is 47.0 Å². The van der Waals surface area contributed by atoms with Crippen molar-refractivity contribution in [2.24, 2.45) is 5.92 Å². The van der Waals surface area contributed by atoms with Crippen molar-refractivity contribution in [3.05, 3.63) is 12.2 Å². The molecule has 72 valence electrons. The molecule has 0 radical (unpaired) electrons. The molecule has 0 rings (SSSR count). The predicted molar refractivity (Wildman–Crippen MR) is 54.1 cm³/mol. The first kappa shape index (κ1) is 11.7. The molecule has 1 N–H and O–H groups in total. The molecule has 0 saturated heterocycles. The monoisotopic (exact) mass is 170 g/mol. The summed E-state index contributed by atoms with van der Waals surface area (Å²) in [7, 11) is 0. The molecule has 0 aliphatic rings. The van der Waals surface area contributed by atoms with Gasteiger partial charge in [0.15, 0.2) is 0 Å². The molecule has 0 saturated carbocycles. The molecule has 1 nitrogen and oxygen atoms in total. The van der Waals surface area contributed by atoms with Crippen LogP contribution in [0.4, 0.5) is 0 Å². The Kier molecular flexibility index (Phi) is 5.23. The van der Waals surface area contributed by atoms with E-state index in [1.54, 1.807) is 0 Å². The summed E-state index contributed by atoms with van der Waals surface area (Å²) in [6.07, 6.45) is 7.46. The molecule has 0 aromatic rings. The first-order chi connectivity index (χ1) is 5.42. The normalized spacial score (nSPS) is 13.2. The SMILES string of the molecule is CC(C)C=CCCCC(C)(C)O. The van der Waals surface area contributed by atoms with E-state index in [4.69, 9.17) is 0 Å². The van der Waals surface area contributed by atoms with Gasteiger partial charge in [0.2, 0.25) is 0 Å². The minimum atomic E-state index is -0.494. The third-order valence-electron chi connectivity index (χ3n) is 1.68. The zero-order valence-electron chi connectivity index (χ0n) is 8.80. The second-order valence-corrected chi connectivity index (χ2v) is 4.38. The summed E-state index contributed by atoms with van der Waals surface area (Å²) in [5, 5.41) is 9.40. The van der Waals surface area contributed by atoms with Gasteiger partial charge in [-0.1, -0.05) is 26.0 Å². The fraction of sp³-hybridized carbons (Fsp3) is 0.818. The van der Waals surface area contributed by atoms with Crippen LogP contribution in [0.5, 0.6) is 0 Å². The van der Waals surface area contributed by atoms with E-state index in [1.807, 2.05) is 13.8 Å². The van der Waals surface area contributed by atoms with Crippen molar-refractivity contribution < 1.29 is 5.11 Å². The molecule has 0 bridgehead atoms. The molecule has 0 aliphatic carbocycles. The maximum Gasteiger partial charge on any atom is 0.0591 e. The van der Waals surface area contributed by atoms with Crippen molar-refractivity contribution in [2.75, 3.05) is 0 Å². The van der Waals surface area contributed by atoms with Crippen LogP contribution < -0.4 is 0 Å². The van der Waals surface area contributed by atoms with Gasteiger partial charge < -0.3 is 5.11 Å². The predicted octanol–water partition coefficient (Wildman–Crippen LogP) is 3.14. The van der Waals surface area contributed by atoms with Crippen LogP contribution in [0.2, 0.25) is 0 Å². The molecule has 0 atom stereocenters. The Morgan fingerprint density at radius 1 is 1.33 bits per heavy atom. The van der Waals surface area contributed by atoms with Gasteiger partial charge in [0.1, 0.15) is 0 Å². The van der Waals surface area contributed by atoms with Crippen LogP contribution in [0.15, 0.2) is 12.2 Å². The first-order valence-electron chi connectivity index (χ1n) is 4.81. The summed E-state index contributed by atoms with van der Waals surface area (Å²) in [4.78, 5) is 0. The molecule has 0 aliphatic heterocycles. The Morgan fingerprint density at radius 2 is 1.92 bits per heavy atom. The topological polar surface area (TPSA) is 20.2 Å². The van der Waals surface area contributed by atoms with Crippen molar-refractivity contribution in [2.45, 2.75) is 52.6 Å². The average Bonchev–Trinajstić information content (AvgIpc) is 1.83. The van der Waals surface area contributed by atoms with Crippen molar-refractivity contribution in [1.29, 1.82) is 0 Å². The largest absolute Gasteiger partial charge is 0.390 e. The Balaban J connectivity index is 3.34. The zero-order chi connectivity index (χ0) is 9.61. The van der Waals surface area contributed by atoms with Crippen LogP contribution in [0.25, 0.3) is 0 Å². The fourth-order valence-electron chi connectivity index (χ4n) is 1.02. The lowest BCUT2D eigenvalue weighted by Gasteiger charge is -2.15. The van der Waals surface area contributed by atoms with Crippen molar-refractivity contribution in [3.8, 4) is 0 Å². The molecule has 0 fully saturated rings. The van der Waals surface area contributed by atoms with Crippen LogP contribution >= 0.6 is 0 Å². The van der Waals surface area contributed by atoms with E-state index in [9.17, 15) is 5.11 Å². The van der Waals surface area contributed by atoms with Gasteiger partial charge in [-0.25, -0.2) is 0 Å². The molecule has 0 heterocycles. The summed E-state index contributed by atoms with van der Waals surface area (Å²) in [6, 6.07) is 0. The van der Waals surface area contributed by atoms with Crippen molar-refractivity contribution in [3.63, 3.8) is 0 Å². The van der Waals surface area contributed by atoms with Gasteiger partial charge >= 0.3 is 0 Å². The lowest BCUT2D eigenvalue weighted by atomic mass is 10.0. The van der Waals surface area contributed by atoms with Gasteiger partial charge in [-0.2, -0.15) is 0 Å². The highest BCUT2D eigenvalue weighted by atomic mass is 16.3. The van der Waals surface area contributed by atoms with Gasteiger partial charge in [-0.3, -0.25) is 0 Å². The first-order valence-corrected chi connectivity index (χ1v) is 4.81. The number of hydrogen-bond acceptors (Lipinski definition) is 1. The number of rotatable bonds is 5. The molecule has 0 amide bonds. The number of hydrogen-bond donors (Lipinski definition) is 1. The summed E-state index contributed by atoms with van der Waals surface area (Å²) >= 11 is 0. The standard InChI is InChI=1S/C11H22O/c1-10(2)8-6-5-7-9-11(3,4)12/h6,8,10,12H,5,7,9H2,1-4H3. The van der Waals surface area contributed by atoms with Gasteiger partial charge in [0.25, 0.3) is 0 Å². The number of unbranched alkanes of at least 4 members (excludes halogenated alkanes) is 1. The van der Waals surface area contributed by atoms with E-state index in [1.165, 1.54) is 0 Å². The van der Waals surface area contributed by atoms with Gasteiger partial charge in [-0.05, 0) is 39.0 Å². The fourth-order valence-corrected chi connectivity index (χ4v) is 1.02. The molecule has 0 aromatic heterocycles. The summed E-state index contributed by atoms with van der Waals surface area (Å²) in [5.41, 5.74) is -0.494. The van der Waals surface area contributed by atoms with Gasteiger partial charge in [0, 0.05) is 0 Å². The molecular formula is C11H22O. The summed E-state index contributed by atoms with van der Waals surface area (Å²) in [6.45, 7) is 8.07. The highest BCUT2D eigenvalue weighted by Crippen LogP contribution is 2.12. The Bertz CT molecular complexity index is 128. The second-order valence-electron chi connectivity index (χ2n) is 4.38. The highest BCUT2D eigenvalue weighted by molar-refractivity contribution is 4.84. The molecule has 12 heavy (non-hydrogen) atoms. The molecule has 0 aromatic carbocycles. The lowest BCUT2D eigenvalue weighted by Crippen LogP contribution is -2.17. The summed E-state index contributed by atoms with van der Waals surface area (Å²) in [5.74, 6) is 0.645. The molecule has 1 heteroatoms. The minimum absolute atomic E-state index is 0.494. The van der Waals surface area contributed by atoms with Crippen LogP contribution in [-0.2, 0) is 0 Å². The van der Waals surface area contributed by atoms with Crippen LogP contribution in [0, 0.1) is 5.92 Å². The molecule has 0 spiro atoms. The number of allylic oxidation sites excluding steroid dienone is 2. The second kappa shape index (κ2) is 5.36. The maximum atomic E-state index is 9.40. The molecule has 0 unspecified atom stereocenters. The van der Waals surface area contributed by atoms with E-state index in [0.717, 1.165) is 19.3 Å². The third-order valence-corrected chi connectivity index (χ3v) is 1.68.